The number of hydrogen-bond donors (Lipinski definition) is 0. The minimum Gasteiger partial charge on any atom is -0.0796 e. The highest BCUT2D eigenvalue weighted by Gasteiger charge is 2.09. The topological polar surface area (TPSA) is 0 Å². The van der Waals surface area contributed by atoms with Gasteiger partial charge < -0.3 is 0 Å². The fourth-order valence-electron chi connectivity index (χ4n) is 0.739. The van der Waals surface area contributed by atoms with Crippen LogP contribution < -0.4 is 0 Å². The van der Waals surface area contributed by atoms with Gasteiger partial charge in [-0.2, -0.15) is 0 Å². The predicted molar refractivity (Wildman–Crippen MR) is 45.2 cm³/mol. The number of unbranched alkanes of at least 4 members (excludes halogenated alkanes) is 1. The van der Waals surface area contributed by atoms with Crippen molar-refractivity contribution in [1.82, 2.24) is 0 Å². The van der Waals surface area contributed by atoms with Crippen LogP contribution in [0, 0.1) is 0 Å². The summed E-state index contributed by atoms with van der Waals surface area (Å²) >= 11 is 0. The molecule has 0 saturated carbocycles. The SMILES string of the molecule is CCCC[B]C(C)(C)C. The average molecular weight is 125 g/mol. The van der Waals surface area contributed by atoms with Crippen molar-refractivity contribution < 1.29 is 0 Å². The molecule has 0 fully saturated rings. The van der Waals surface area contributed by atoms with Crippen molar-refractivity contribution >= 4 is 7.28 Å². The molecule has 9 heavy (non-hydrogen) atoms. The largest absolute Gasteiger partial charge is 0.116 e. The zero-order valence-electron chi connectivity index (χ0n) is 7.20. The molecule has 0 spiro atoms. The van der Waals surface area contributed by atoms with Crippen LogP contribution in [0.2, 0.25) is 11.6 Å². The standard InChI is InChI=1S/C8H18B/c1-5-6-7-9-8(2,3)4/h5-7H2,1-4H3. The van der Waals surface area contributed by atoms with Gasteiger partial charge in [-0.05, 0) is 0 Å². The maximum atomic E-state index is 2.40. The summed E-state index contributed by atoms with van der Waals surface area (Å²) in [5.74, 6) is 0. The Kier molecular flexibility index (Phi) is 4.00. The normalized spacial score (nSPS) is 11.6. The van der Waals surface area contributed by atoms with Gasteiger partial charge >= 0.3 is 0 Å². The molecule has 0 aromatic carbocycles. The second-order valence-electron chi connectivity index (χ2n) is 3.71. The third kappa shape index (κ3) is 8.06. The van der Waals surface area contributed by atoms with E-state index in [4.69, 9.17) is 0 Å². The minimum atomic E-state index is 0.426. The summed E-state index contributed by atoms with van der Waals surface area (Å²) in [5.41, 5.74) is 0. The van der Waals surface area contributed by atoms with Crippen molar-refractivity contribution in [2.45, 2.75) is 52.2 Å². The maximum Gasteiger partial charge on any atom is 0.116 e. The molecule has 0 aliphatic heterocycles. The Labute approximate surface area is 60.3 Å². The predicted octanol–water partition coefficient (Wildman–Crippen LogP) is 3.13. The van der Waals surface area contributed by atoms with Gasteiger partial charge in [0, 0.05) is 0 Å². The van der Waals surface area contributed by atoms with Crippen LogP contribution in [0.25, 0.3) is 0 Å². The smallest absolute Gasteiger partial charge is 0.0796 e. The highest BCUT2D eigenvalue weighted by molar-refractivity contribution is 6.39. The van der Waals surface area contributed by atoms with Crippen LogP contribution in [0.4, 0.5) is 0 Å². The van der Waals surface area contributed by atoms with Crippen LogP contribution in [-0.4, -0.2) is 7.28 Å². The zero-order chi connectivity index (χ0) is 7.33. The molecule has 1 heteroatoms. The highest BCUT2D eigenvalue weighted by atomic mass is 14.0. The van der Waals surface area contributed by atoms with Crippen LogP contribution >= 0.6 is 0 Å². The van der Waals surface area contributed by atoms with E-state index in [-0.39, 0.29) is 0 Å². The van der Waals surface area contributed by atoms with E-state index in [2.05, 4.69) is 35.0 Å². The van der Waals surface area contributed by atoms with E-state index in [9.17, 15) is 0 Å². The molecular formula is C8H18B. The lowest BCUT2D eigenvalue weighted by molar-refractivity contribution is 0.738. The van der Waals surface area contributed by atoms with Gasteiger partial charge in [0.2, 0.25) is 0 Å². The molecule has 0 N–H and O–H groups in total. The molecule has 1 radical (unpaired) electrons. The molecule has 0 aliphatic rings. The summed E-state index contributed by atoms with van der Waals surface area (Å²) in [7, 11) is 2.40. The number of hydrogen-bond acceptors (Lipinski definition) is 0. The highest BCUT2D eigenvalue weighted by Crippen LogP contribution is 2.22. The Morgan fingerprint density at radius 2 is 1.78 bits per heavy atom. The van der Waals surface area contributed by atoms with E-state index in [0.717, 1.165) is 0 Å². The summed E-state index contributed by atoms with van der Waals surface area (Å²) in [6, 6.07) is 0. The fraction of sp³-hybridized carbons (Fsp3) is 1.00. The summed E-state index contributed by atoms with van der Waals surface area (Å²) in [4.78, 5) is 0. The van der Waals surface area contributed by atoms with Gasteiger partial charge in [0.05, 0.1) is 0 Å². The third-order valence-corrected chi connectivity index (χ3v) is 1.31. The quantitative estimate of drug-likeness (QED) is 0.401. The molecular weight excluding hydrogens is 107 g/mol. The first-order valence-corrected chi connectivity index (χ1v) is 3.90. The molecule has 0 rings (SSSR count). The van der Waals surface area contributed by atoms with Crippen LogP contribution in [0.1, 0.15) is 40.5 Å². The molecule has 53 valence electrons. The lowest BCUT2D eigenvalue weighted by Gasteiger charge is -2.15. The van der Waals surface area contributed by atoms with Crippen LogP contribution in [0.3, 0.4) is 0 Å². The third-order valence-electron chi connectivity index (χ3n) is 1.31. The van der Waals surface area contributed by atoms with E-state index >= 15 is 0 Å². The first-order valence-electron chi connectivity index (χ1n) is 3.90. The van der Waals surface area contributed by atoms with Gasteiger partial charge in [0.1, 0.15) is 7.28 Å². The van der Waals surface area contributed by atoms with Crippen LogP contribution in [0.15, 0.2) is 0 Å². The van der Waals surface area contributed by atoms with Crippen LogP contribution in [-0.2, 0) is 0 Å². The molecule has 0 aromatic heterocycles. The van der Waals surface area contributed by atoms with Crippen molar-refractivity contribution in [3.8, 4) is 0 Å². The second kappa shape index (κ2) is 3.97. The van der Waals surface area contributed by atoms with E-state index in [0.29, 0.717) is 5.31 Å². The van der Waals surface area contributed by atoms with Gasteiger partial charge in [-0.1, -0.05) is 52.2 Å². The Morgan fingerprint density at radius 1 is 1.22 bits per heavy atom. The van der Waals surface area contributed by atoms with Gasteiger partial charge in [-0.25, -0.2) is 0 Å². The molecule has 0 aromatic rings. The zero-order valence-corrected chi connectivity index (χ0v) is 7.20. The first-order chi connectivity index (χ1) is 4.06. The van der Waals surface area contributed by atoms with Gasteiger partial charge in [0.25, 0.3) is 0 Å². The van der Waals surface area contributed by atoms with Gasteiger partial charge in [-0.3, -0.25) is 0 Å². The average Bonchev–Trinajstić information content (AvgIpc) is 1.63. The summed E-state index contributed by atoms with van der Waals surface area (Å²) in [6.45, 7) is 8.99. The second-order valence-corrected chi connectivity index (χ2v) is 3.71. The molecule has 0 bridgehead atoms. The summed E-state index contributed by atoms with van der Waals surface area (Å²) in [5, 5.41) is 0.426. The molecule has 0 nitrogen and oxygen atoms in total. The van der Waals surface area contributed by atoms with E-state index in [1.54, 1.807) is 0 Å². The van der Waals surface area contributed by atoms with Gasteiger partial charge in [-0.15, -0.1) is 0 Å². The van der Waals surface area contributed by atoms with E-state index in [1.165, 1.54) is 19.2 Å². The maximum absolute atomic E-state index is 2.40. The molecule has 0 amide bonds. The molecule has 0 saturated heterocycles. The Hall–Kier alpha value is 0.0649. The lowest BCUT2D eigenvalue weighted by atomic mass is 9.53. The molecule has 0 atom stereocenters. The van der Waals surface area contributed by atoms with Crippen molar-refractivity contribution in [1.29, 1.82) is 0 Å². The van der Waals surface area contributed by atoms with E-state index in [1.807, 2.05) is 0 Å². The Morgan fingerprint density at radius 3 is 2.11 bits per heavy atom. The lowest BCUT2D eigenvalue weighted by Crippen LogP contribution is -2.06. The molecule has 0 aliphatic carbocycles. The van der Waals surface area contributed by atoms with Crippen LogP contribution in [0.5, 0.6) is 0 Å². The summed E-state index contributed by atoms with van der Waals surface area (Å²) < 4.78 is 0. The summed E-state index contributed by atoms with van der Waals surface area (Å²) in [6.07, 6.45) is 3.93. The fourth-order valence-corrected chi connectivity index (χ4v) is 0.739. The Bertz CT molecular complexity index is 61.5. The Balaban J connectivity index is 3.07. The van der Waals surface area contributed by atoms with Gasteiger partial charge in [0.15, 0.2) is 0 Å². The number of rotatable bonds is 3. The minimum absolute atomic E-state index is 0.426. The van der Waals surface area contributed by atoms with Crippen molar-refractivity contribution in [2.24, 2.45) is 0 Å². The monoisotopic (exact) mass is 125 g/mol. The first kappa shape index (κ1) is 9.06. The molecule has 0 unspecified atom stereocenters. The van der Waals surface area contributed by atoms with Crippen molar-refractivity contribution in [3.05, 3.63) is 0 Å². The van der Waals surface area contributed by atoms with Crippen molar-refractivity contribution in [2.75, 3.05) is 0 Å². The van der Waals surface area contributed by atoms with E-state index < -0.39 is 0 Å². The van der Waals surface area contributed by atoms with Crippen molar-refractivity contribution in [3.63, 3.8) is 0 Å². The molecule has 0 heterocycles.